The van der Waals surface area contributed by atoms with E-state index in [2.05, 4.69) is 27.6 Å². The van der Waals surface area contributed by atoms with Crippen molar-refractivity contribution in [3.63, 3.8) is 0 Å². The van der Waals surface area contributed by atoms with Gasteiger partial charge in [-0.15, -0.1) is 0 Å². The second kappa shape index (κ2) is 9.15. The van der Waals surface area contributed by atoms with Gasteiger partial charge in [0.25, 0.3) is 0 Å². The molecule has 3 aromatic carbocycles. The van der Waals surface area contributed by atoms with Gasteiger partial charge in [0.15, 0.2) is 0 Å². The summed E-state index contributed by atoms with van der Waals surface area (Å²) in [5, 5.41) is 1.14. The van der Waals surface area contributed by atoms with Crippen LogP contribution in [0.2, 0.25) is 5.02 Å². The molecule has 0 aliphatic carbocycles. The zero-order chi connectivity index (χ0) is 20.2. The average molecular weight is 532 g/mol. The van der Waals surface area contributed by atoms with Crippen LogP contribution in [-0.4, -0.2) is 10.2 Å². The number of thioether (sulfide) groups is 1. The Labute approximate surface area is 192 Å². The van der Waals surface area contributed by atoms with Gasteiger partial charge in [0.05, 0.1) is 5.02 Å². The number of ether oxygens (including phenoxy) is 1. The van der Waals surface area contributed by atoms with Gasteiger partial charge in [-0.25, -0.2) is 4.99 Å². The van der Waals surface area contributed by atoms with Gasteiger partial charge in [-0.1, -0.05) is 54.1 Å². The Morgan fingerprint density at radius 3 is 2.55 bits per heavy atom. The van der Waals surface area contributed by atoms with Crippen LogP contribution in [0.15, 0.2) is 83.5 Å². The van der Waals surface area contributed by atoms with Crippen LogP contribution in [0.25, 0.3) is 6.08 Å². The average Bonchev–Trinajstić information content (AvgIpc) is 3.10. The summed E-state index contributed by atoms with van der Waals surface area (Å²) in [6.07, 6.45) is 1.78. The Morgan fingerprint density at radius 1 is 1.03 bits per heavy atom. The normalized spacial score (nSPS) is 14.9. The van der Waals surface area contributed by atoms with Crippen LogP contribution in [0.1, 0.15) is 16.7 Å². The van der Waals surface area contributed by atoms with Crippen molar-refractivity contribution in [3.05, 3.63) is 104 Å². The molecule has 0 fully saturated rings. The van der Waals surface area contributed by atoms with Gasteiger partial charge in [-0.05, 0) is 81.9 Å². The quantitative estimate of drug-likeness (QED) is 0.276. The Morgan fingerprint density at radius 2 is 1.79 bits per heavy atom. The van der Waals surface area contributed by atoms with Crippen molar-refractivity contribution < 1.29 is 9.53 Å². The number of rotatable bonds is 5. The lowest BCUT2D eigenvalue weighted by atomic mass is 10.2. The molecule has 29 heavy (non-hydrogen) atoms. The molecule has 0 unspecified atom stereocenters. The first-order valence-corrected chi connectivity index (χ1v) is 11.1. The van der Waals surface area contributed by atoms with Crippen LogP contribution in [0.3, 0.4) is 0 Å². The summed E-state index contributed by atoms with van der Waals surface area (Å²) in [5.74, 6) is 0.776. The van der Waals surface area contributed by atoms with Crippen LogP contribution in [-0.2, 0) is 11.4 Å². The van der Waals surface area contributed by atoms with E-state index in [1.54, 1.807) is 6.08 Å². The lowest BCUT2D eigenvalue weighted by Crippen LogP contribution is -1.95. The van der Waals surface area contributed by atoms with E-state index in [1.807, 2.05) is 72.8 Å². The Balaban J connectivity index is 1.49. The van der Waals surface area contributed by atoms with E-state index in [4.69, 9.17) is 16.3 Å². The van der Waals surface area contributed by atoms with Gasteiger partial charge < -0.3 is 4.74 Å². The lowest BCUT2D eigenvalue weighted by Gasteiger charge is -2.06. The fourth-order valence-corrected chi connectivity index (χ4v) is 4.31. The molecule has 3 nitrogen and oxygen atoms in total. The number of halogens is 2. The fourth-order valence-electron chi connectivity index (χ4n) is 2.74. The van der Waals surface area contributed by atoms with Crippen LogP contribution in [0, 0.1) is 3.57 Å². The summed E-state index contributed by atoms with van der Waals surface area (Å²) >= 11 is 9.61. The third-order valence-corrected chi connectivity index (χ3v) is 6.11. The highest BCUT2D eigenvalue weighted by Crippen LogP contribution is 2.32. The summed E-state index contributed by atoms with van der Waals surface area (Å²) in [7, 11) is 0. The van der Waals surface area contributed by atoms with E-state index in [9.17, 15) is 4.79 Å². The monoisotopic (exact) mass is 531 g/mol. The molecule has 0 radical (unpaired) electrons. The minimum absolute atomic E-state index is 0.0840. The standard InChI is InChI=1S/C23H15ClINO2S/c24-20-11-8-17(25)13-19(20)22-26-21(23(27)29-22)12-15-6-9-18(10-7-15)28-14-16-4-2-1-3-5-16/h1-13H,14H2/b21-12-. The van der Waals surface area contributed by atoms with Crippen molar-refractivity contribution in [1.29, 1.82) is 0 Å². The number of carbonyl (C=O) groups excluding carboxylic acids is 1. The Kier molecular flexibility index (Phi) is 6.37. The van der Waals surface area contributed by atoms with Crippen LogP contribution < -0.4 is 4.74 Å². The number of hydrogen-bond donors (Lipinski definition) is 0. The number of nitrogens with zero attached hydrogens (tertiary/aromatic N) is 1. The molecule has 0 saturated carbocycles. The molecular formula is C23H15ClINO2S. The maximum Gasteiger partial charge on any atom is 0.244 e. The zero-order valence-corrected chi connectivity index (χ0v) is 18.9. The molecule has 3 aromatic rings. The second-order valence-electron chi connectivity index (χ2n) is 6.30. The topological polar surface area (TPSA) is 38.7 Å². The summed E-state index contributed by atoms with van der Waals surface area (Å²) < 4.78 is 6.85. The molecular weight excluding hydrogens is 517 g/mol. The van der Waals surface area contributed by atoms with Crippen LogP contribution in [0.4, 0.5) is 0 Å². The van der Waals surface area contributed by atoms with E-state index in [0.29, 0.717) is 22.4 Å². The highest BCUT2D eigenvalue weighted by molar-refractivity contribution is 14.1. The fraction of sp³-hybridized carbons (Fsp3) is 0.0435. The molecule has 0 aromatic heterocycles. The SMILES string of the molecule is O=C1SC(c2cc(I)ccc2Cl)=N/C1=C\c1ccc(OCc2ccccc2)cc1. The van der Waals surface area contributed by atoms with Crippen molar-refractivity contribution in [2.75, 3.05) is 0 Å². The molecule has 0 bridgehead atoms. The van der Waals surface area contributed by atoms with Crippen molar-refractivity contribution in [2.45, 2.75) is 6.61 Å². The summed E-state index contributed by atoms with van der Waals surface area (Å²) in [4.78, 5) is 16.9. The van der Waals surface area contributed by atoms with E-state index < -0.39 is 0 Å². The molecule has 0 atom stereocenters. The van der Waals surface area contributed by atoms with Crippen molar-refractivity contribution in [3.8, 4) is 5.75 Å². The van der Waals surface area contributed by atoms with Crippen LogP contribution in [0.5, 0.6) is 5.75 Å². The highest BCUT2D eigenvalue weighted by Gasteiger charge is 2.24. The van der Waals surface area contributed by atoms with E-state index in [-0.39, 0.29) is 5.12 Å². The third-order valence-electron chi connectivity index (χ3n) is 4.21. The molecule has 0 saturated heterocycles. The van der Waals surface area contributed by atoms with Gasteiger partial charge in [0, 0.05) is 9.13 Å². The highest BCUT2D eigenvalue weighted by atomic mass is 127. The molecule has 0 spiro atoms. The predicted molar refractivity (Wildman–Crippen MR) is 128 cm³/mol. The number of hydrogen-bond acceptors (Lipinski definition) is 4. The van der Waals surface area contributed by atoms with E-state index in [1.165, 1.54) is 0 Å². The van der Waals surface area contributed by atoms with Gasteiger partial charge >= 0.3 is 0 Å². The second-order valence-corrected chi connectivity index (χ2v) is 8.92. The molecule has 6 heteroatoms. The predicted octanol–water partition coefficient (Wildman–Crippen LogP) is 6.58. The van der Waals surface area contributed by atoms with Crippen LogP contribution >= 0.6 is 46.0 Å². The van der Waals surface area contributed by atoms with Crippen molar-refractivity contribution >= 4 is 62.2 Å². The smallest absolute Gasteiger partial charge is 0.244 e. The maximum absolute atomic E-state index is 12.4. The molecule has 144 valence electrons. The summed E-state index contributed by atoms with van der Waals surface area (Å²) in [5.41, 5.74) is 3.20. The van der Waals surface area contributed by atoms with E-state index >= 15 is 0 Å². The molecule has 1 heterocycles. The molecule has 0 amide bonds. The Bertz CT molecular complexity index is 1110. The van der Waals surface area contributed by atoms with Gasteiger partial charge in [0.2, 0.25) is 5.12 Å². The first-order chi connectivity index (χ1) is 14.1. The van der Waals surface area contributed by atoms with E-state index in [0.717, 1.165) is 37.8 Å². The first-order valence-electron chi connectivity index (χ1n) is 8.83. The summed E-state index contributed by atoms with van der Waals surface area (Å²) in [6.45, 7) is 0.515. The number of benzene rings is 3. The third kappa shape index (κ3) is 5.10. The minimum atomic E-state index is -0.0840. The molecule has 1 aliphatic heterocycles. The zero-order valence-electron chi connectivity index (χ0n) is 15.1. The lowest BCUT2D eigenvalue weighted by molar-refractivity contribution is -0.107. The maximum atomic E-state index is 12.4. The Hall–Kier alpha value is -2.09. The van der Waals surface area contributed by atoms with Gasteiger partial charge in [-0.3, -0.25) is 4.79 Å². The molecule has 1 aliphatic rings. The van der Waals surface area contributed by atoms with Crippen molar-refractivity contribution in [1.82, 2.24) is 0 Å². The van der Waals surface area contributed by atoms with Gasteiger partial charge in [-0.2, -0.15) is 0 Å². The number of carbonyl (C=O) groups is 1. The minimum Gasteiger partial charge on any atom is -0.489 e. The first kappa shape index (κ1) is 20.2. The molecule has 0 N–H and O–H groups in total. The largest absolute Gasteiger partial charge is 0.489 e. The van der Waals surface area contributed by atoms with Gasteiger partial charge in [0.1, 0.15) is 23.1 Å². The summed E-state index contributed by atoms with van der Waals surface area (Å²) in [6, 6.07) is 23.3. The number of aliphatic imine (C=N–C) groups is 1. The van der Waals surface area contributed by atoms with Crippen molar-refractivity contribution in [2.24, 2.45) is 4.99 Å². The molecule has 4 rings (SSSR count).